The molecule has 0 spiro atoms. The van der Waals surface area contributed by atoms with Gasteiger partial charge >= 0.3 is 0 Å². The third-order valence-electron chi connectivity index (χ3n) is 4.98. The van der Waals surface area contributed by atoms with E-state index in [1.165, 1.54) is 22.3 Å². The van der Waals surface area contributed by atoms with Gasteiger partial charge in [-0.1, -0.05) is 42.5 Å². The summed E-state index contributed by atoms with van der Waals surface area (Å²) < 4.78 is 24.0. The van der Waals surface area contributed by atoms with E-state index in [4.69, 9.17) is 18.9 Å². The zero-order chi connectivity index (χ0) is 16.3. The molecule has 0 unspecified atom stereocenters. The van der Waals surface area contributed by atoms with Gasteiger partial charge in [0.1, 0.15) is 18.3 Å². The lowest BCUT2D eigenvalue weighted by Crippen LogP contribution is -2.36. The van der Waals surface area contributed by atoms with Gasteiger partial charge in [-0.15, -0.1) is 0 Å². The molecule has 0 aliphatic carbocycles. The van der Waals surface area contributed by atoms with Gasteiger partial charge in [-0.05, 0) is 42.2 Å². The van der Waals surface area contributed by atoms with E-state index >= 15 is 0 Å². The van der Waals surface area contributed by atoms with Crippen molar-refractivity contribution < 1.29 is 18.9 Å². The molecule has 4 heteroatoms. The van der Waals surface area contributed by atoms with Crippen LogP contribution in [0.25, 0.3) is 11.1 Å². The largest absolute Gasteiger partial charge is 0.368 e. The van der Waals surface area contributed by atoms with Gasteiger partial charge in [0.05, 0.1) is 6.61 Å². The predicted molar refractivity (Wildman–Crippen MR) is 88.1 cm³/mol. The molecular formula is C20H20O4. The Morgan fingerprint density at radius 2 is 1.75 bits per heavy atom. The van der Waals surface area contributed by atoms with Crippen molar-refractivity contribution in [3.05, 3.63) is 59.7 Å². The van der Waals surface area contributed by atoms with Crippen molar-refractivity contribution in [2.45, 2.75) is 50.8 Å². The van der Waals surface area contributed by atoms with E-state index in [0.717, 1.165) is 0 Å². The highest BCUT2D eigenvalue weighted by Gasteiger charge is 2.57. The van der Waals surface area contributed by atoms with Gasteiger partial charge < -0.3 is 18.9 Å². The Morgan fingerprint density at radius 1 is 0.917 bits per heavy atom. The van der Waals surface area contributed by atoms with E-state index in [-0.39, 0.29) is 24.6 Å². The molecule has 3 heterocycles. The normalized spacial score (nSPS) is 32.9. The van der Waals surface area contributed by atoms with Gasteiger partial charge in [0.25, 0.3) is 0 Å². The number of hydrogen-bond acceptors (Lipinski definition) is 4. The standard InChI is InChI=1S/C20H20O4/c1-20(2)23-18-17-16(22-19(18)24-20)15-9-8-13(10-14(15)11-21-17)12-6-4-3-5-7-12/h3-10,16-19H,11H2,1-2H3/t16-,17+,18-,19-/m1/s1. The smallest absolute Gasteiger partial charge is 0.190 e. The summed E-state index contributed by atoms with van der Waals surface area (Å²) in [6.45, 7) is 4.40. The first-order chi connectivity index (χ1) is 11.6. The van der Waals surface area contributed by atoms with Crippen molar-refractivity contribution in [1.29, 1.82) is 0 Å². The van der Waals surface area contributed by atoms with Crippen LogP contribution in [0.3, 0.4) is 0 Å². The van der Waals surface area contributed by atoms with Crippen molar-refractivity contribution in [1.82, 2.24) is 0 Å². The molecule has 0 radical (unpaired) electrons. The molecule has 4 atom stereocenters. The molecule has 0 amide bonds. The minimum atomic E-state index is -0.610. The van der Waals surface area contributed by atoms with Gasteiger partial charge in [0.15, 0.2) is 12.1 Å². The molecule has 124 valence electrons. The highest BCUT2D eigenvalue weighted by Crippen LogP contribution is 2.48. The van der Waals surface area contributed by atoms with Crippen molar-refractivity contribution in [3.8, 4) is 11.1 Å². The molecular weight excluding hydrogens is 304 g/mol. The molecule has 4 nitrogen and oxygen atoms in total. The lowest BCUT2D eigenvalue weighted by molar-refractivity contribution is -0.223. The maximum atomic E-state index is 6.12. The Morgan fingerprint density at radius 3 is 2.58 bits per heavy atom. The summed E-state index contributed by atoms with van der Waals surface area (Å²) >= 11 is 0. The molecule has 5 rings (SSSR count). The van der Waals surface area contributed by atoms with Gasteiger partial charge in [-0.3, -0.25) is 0 Å². The molecule has 2 aromatic carbocycles. The van der Waals surface area contributed by atoms with Crippen LogP contribution in [-0.2, 0) is 25.6 Å². The number of ether oxygens (including phenoxy) is 4. The highest BCUT2D eigenvalue weighted by molar-refractivity contribution is 5.65. The summed E-state index contributed by atoms with van der Waals surface area (Å²) in [6, 6.07) is 16.9. The Kier molecular flexibility index (Phi) is 3.13. The minimum Gasteiger partial charge on any atom is -0.368 e. The van der Waals surface area contributed by atoms with E-state index < -0.39 is 5.79 Å². The monoisotopic (exact) mass is 324 g/mol. The van der Waals surface area contributed by atoms with Crippen LogP contribution in [-0.4, -0.2) is 24.3 Å². The molecule has 0 aromatic heterocycles. The van der Waals surface area contributed by atoms with Crippen molar-refractivity contribution in [2.75, 3.05) is 0 Å². The second-order valence-corrected chi connectivity index (χ2v) is 7.08. The van der Waals surface area contributed by atoms with Crippen LogP contribution in [0, 0.1) is 0 Å². The van der Waals surface area contributed by atoms with Crippen LogP contribution in [0.2, 0.25) is 0 Å². The van der Waals surface area contributed by atoms with E-state index in [1.807, 2.05) is 19.9 Å². The molecule has 3 aliphatic rings. The van der Waals surface area contributed by atoms with E-state index in [9.17, 15) is 0 Å². The molecule has 3 aliphatic heterocycles. The first kappa shape index (κ1) is 14.6. The fourth-order valence-electron chi connectivity index (χ4n) is 3.92. The summed E-state index contributed by atoms with van der Waals surface area (Å²) in [5.74, 6) is -0.610. The quantitative estimate of drug-likeness (QED) is 0.799. The van der Waals surface area contributed by atoms with Crippen molar-refractivity contribution >= 4 is 0 Å². The van der Waals surface area contributed by atoms with E-state index in [0.29, 0.717) is 6.61 Å². The SMILES string of the molecule is CC1(C)O[C@H]2O[C@@H]3c4ccc(-c5ccccc5)cc4CO[C@@H]3[C@H]2O1. The van der Waals surface area contributed by atoms with Crippen molar-refractivity contribution in [2.24, 2.45) is 0 Å². The summed E-state index contributed by atoms with van der Waals surface area (Å²) in [4.78, 5) is 0. The third-order valence-corrected chi connectivity index (χ3v) is 4.98. The number of benzene rings is 2. The first-order valence-electron chi connectivity index (χ1n) is 8.42. The molecule has 0 N–H and O–H groups in total. The Bertz CT molecular complexity index is 770. The maximum Gasteiger partial charge on any atom is 0.190 e. The van der Waals surface area contributed by atoms with Crippen LogP contribution >= 0.6 is 0 Å². The van der Waals surface area contributed by atoms with Gasteiger partial charge in [0.2, 0.25) is 0 Å². The van der Waals surface area contributed by atoms with Gasteiger partial charge in [-0.25, -0.2) is 0 Å². The first-order valence-corrected chi connectivity index (χ1v) is 8.42. The topological polar surface area (TPSA) is 36.9 Å². The second kappa shape index (κ2) is 5.14. The average Bonchev–Trinajstić information content (AvgIpc) is 3.07. The third kappa shape index (κ3) is 2.22. The van der Waals surface area contributed by atoms with Crippen LogP contribution in [0.15, 0.2) is 48.5 Å². The molecule has 0 saturated carbocycles. The summed E-state index contributed by atoms with van der Waals surface area (Å²) in [7, 11) is 0. The van der Waals surface area contributed by atoms with Crippen LogP contribution in [0.4, 0.5) is 0 Å². The van der Waals surface area contributed by atoms with E-state index in [2.05, 4.69) is 42.5 Å². The Balaban J connectivity index is 1.47. The lowest BCUT2D eigenvalue weighted by atomic mass is 9.92. The molecule has 0 bridgehead atoms. The number of rotatable bonds is 1. The minimum absolute atomic E-state index is 0.105. The maximum absolute atomic E-state index is 6.12. The zero-order valence-corrected chi connectivity index (χ0v) is 13.8. The fraction of sp³-hybridized carbons (Fsp3) is 0.400. The number of hydrogen-bond donors (Lipinski definition) is 0. The molecule has 24 heavy (non-hydrogen) atoms. The summed E-state index contributed by atoms with van der Waals surface area (Å²) in [5.41, 5.74) is 4.77. The summed E-state index contributed by atoms with van der Waals surface area (Å²) in [6.07, 6.45) is -0.738. The Hall–Kier alpha value is -1.72. The van der Waals surface area contributed by atoms with Crippen LogP contribution < -0.4 is 0 Å². The van der Waals surface area contributed by atoms with Crippen LogP contribution in [0.1, 0.15) is 31.1 Å². The second-order valence-electron chi connectivity index (χ2n) is 7.08. The van der Waals surface area contributed by atoms with Gasteiger partial charge in [0, 0.05) is 0 Å². The molecule has 2 aromatic rings. The predicted octanol–water partition coefficient (Wildman–Crippen LogP) is 3.80. The summed E-state index contributed by atoms with van der Waals surface area (Å²) in [5, 5.41) is 0. The fourth-order valence-corrected chi connectivity index (χ4v) is 3.92. The van der Waals surface area contributed by atoms with Gasteiger partial charge in [-0.2, -0.15) is 0 Å². The Labute approximate surface area is 141 Å². The highest BCUT2D eigenvalue weighted by atomic mass is 16.8. The molecule has 2 saturated heterocycles. The lowest BCUT2D eigenvalue weighted by Gasteiger charge is -2.31. The number of fused-ring (bicyclic) bond motifs is 5. The van der Waals surface area contributed by atoms with Crippen molar-refractivity contribution in [3.63, 3.8) is 0 Å². The average molecular weight is 324 g/mol. The molecule has 2 fully saturated rings. The van der Waals surface area contributed by atoms with E-state index in [1.54, 1.807) is 0 Å². The van der Waals surface area contributed by atoms with Crippen LogP contribution in [0.5, 0.6) is 0 Å². The zero-order valence-electron chi connectivity index (χ0n) is 13.8.